The molecule has 20 heavy (non-hydrogen) atoms. The number of nitrogens with zero attached hydrogens (tertiary/aromatic N) is 1. The van der Waals surface area contributed by atoms with E-state index in [1.165, 1.54) is 11.1 Å². The largest absolute Gasteiger partial charge is 0.310 e. The smallest absolute Gasteiger partial charge is 0.235 e. The number of carbonyl (C=O) groups excluding carboxylic acids is 1. The van der Waals surface area contributed by atoms with Crippen LogP contribution in [-0.2, 0) is 4.79 Å². The van der Waals surface area contributed by atoms with Gasteiger partial charge in [0.15, 0.2) is 0 Å². The third-order valence-electron chi connectivity index (χ3n) is 2.88. The fourth-order valence-electron chi connectivity index (χ4n) is 1.73. The fraction of sp³-hybridized carbons (Fsp3) is 0.250. The van der Waals surface area contributed by atoms with Gasteiger partial charge in [0.2, 0.25) is 5.91 Å². The predicted octanol–water partition coefficient (Wildman–Crippen LogP) is 3.74. The molecule has 2 rings (SSSR count). The van der Waals surface area contributed by atoms with E-state index in [9.17, 15) is 4.79 Å². The van der Waals surface area contributed by atoms with E-state index in [0.717, 1.165) is 10.5 Å². The summed E-state index contributed by atoms with van der Waals surface area (Å²) in [5.41, 5.74) is 3.48. The second-order valence-electron chi connectivity index (χ2n) is 4.83. The van der Waals surface area contributed by atoms with Gasteiger partial charge in [0.25, 0.3) is 0 Å². The number of aryl methyl sites for hydroxylation is 3. The van der Waals surface area contributed by atoms with Crippen LogP contribution in [0.15, 0.2) is 41.4 Å². The molecule has 104 valence electrons. The minimum Gasteiger partial charge on any atom is -0.310 e. The van der Waals surface area contributed by atoms with Crippen molar-refractivity contribution in [3.63, 3.8) is 0 Å². The van der Waals surface area contributed by atoms with Gasteiger partial charge in [0.05, 0.1) is 5.75 Å². The summed E-state index contributed by atoms with van der Waals surface area (Å²) in [5.74, 6) is 0.953. The zero-order valence-electron chi connectivity index (χ0n) is 11.9. The number of pyridine rings is 1. The maximum atomic E-state index is 11.9. The van der Waals surface area contributed by atoms with Crippen LogP contribution in [0.25, 0.3) is 0 Å². The van der Waals surface area contributed by atoms with Crippen LogP contribution in [-0.4, -0.2) is 16.6 Å². The molecule has 1 amide bonds. The van der Waals surface area contributed by atoms with E-state index in [2.05, 4.69) is 42.3 Å². The molecule has 1 heterocycles. The normalized spacial score (nSPS) is 10.3. The summed E-state index contributed by atoms with van der Waals surface area (Å²) in [5, 5.41) is 2.80. The van der Waals surface area contributed by atoms with Crippen LogP contribution in [0, 0.1) is 20.8 Å². The Kier molecular flexibility index (Phi) is 4.79. The number of amides is 1. The molecule has 0 aliphatic carbocycles. The summed E-state index contributed by atoms with van der Waals surface area (Å²) in [6.07, 6.45) is 1.74. The van der Waals surface area contributed by atoms with Crippen LogP contribution in [0.1, 0.15) is 16.7 Å². The first kappa shape index (κ1) is 14.6. The molecule has 0 saturated heterocycles. The first-order valence-electron chi connectivity index (χ1n) is 6.47. The van der Waals surface area contributed by atoms with Crippen molar-refractivity contribution in [1.29, 1.82) is 0 Å². The highest BCUT2D eigenvalue weighted by Crippen LogP contribution is 2.23. The Morgan fingerprint density at radius 3 is 2.60 bits per heavy atom. The van der Waals surface area contributed by atoms with Crippen molar-refractivity contribution < 1.29 is 4.79 Å². The lowest BCUT2D eigenvalue weighted by molar-refractivity contribution is -0.113. The predicted molar refractivity (Wildman–Crippen MR) is 84.2 cm³/mol. The second-order valence-corrected chi connectivity index (χ2v) is 5.84. The molecule has 0 saturated carbocycles. The standard InChI is InChI=1S/C16H18N2OS/c1-11-4-6-13(3)14(8-11)20-10-16(19)18-15-7-5-12(2)9-17-15/h4-9H,10H2,1-3H3,(H,17,18,19). The van der Waals surface area contributed by atoms with E-state index in [1.807, 2.05) is 19.1 Å². The number of carbonyl (C=O) groups is 1. The second kappa shape index (κ2) is 6.57. The van der Waals surface area contributed by atoms with Crippen molar-refractivity contribution >= 4 is 23.5 Å². The Labute approximate surface area is 123 Å². The molecule has 1 aromatic carbocycles. The number of rotatable bonds is 4. The lowest BCUT2D eigenvalue weighted by atomic mass is 10.2. The van der Waals surface area contributed by atoms with Crippen molar-refractivity contribution in [2.45, 2.75) is 25.7 Å². The molecule has 0 unspecified atom stereocenters. The minimum absolute atomic E-state index is 0.0349. The van der Waals surface area contributed by atoms with E-state index >= 15 is 0 Å². The maximum Gasteiger partial charge on any atom is 0.235 e. The molecule has 0 radical (unpaired) electrons. The monoisotopic (exact) mass is 286 g/mol. The summed E-state index contributed by atoms with van der Waals surface area (Å²) in [7, 11) is 0. The molecule has 0 spiro atoms. The lowest BCUT2D eigenvalue weighted by Gasteiger charge is -2.07. The molecule has 2 aromatic rings. The van der Waals surface area contributed by atoms with Gasteiger partial charge >= 0.3 is 0 Å². The summed E-state index contributed by atoms with van der Waals surface area (Å²) in [6, 6.07) is 10.0. The van der Waals surface area contributed by atoms with Gasteiger partial charge in [-0.25, -0.2) is 4.98 Å². The topological polar surface area (TPSA) is 42.0 Å². The van der Waals surface area contributed by atoms with E-state index in [4.69, 9.17) is 0 Å². The van der Waals surface area contributed by atoms with Crippen LogP contribution < -0.4 is 5.32 Å². The Hall–Kier alpha value is -1.81. The zero-order valence-corrected chi connectivity index (χ0v) is 12.8. The van der Waals surface area contributed by atoms with Gasteiger partial charge in [-0.1, -0.05) is 23.8 Å². The number of benzene rings is 1. The molecule has 0 atom stereocenters. The van der Waals surface area contributed by atoms with E-state index < -0.39 is 0 Å². The van der Waals surface area contributed by atoms with Gasteiger partial charge in [-0.05, 0) is 44.0 Å². The number of anilines is 1. The molecular weight excluding hydrogens is 268 g/mol. The van der Waals surface area contributed by atoms with Crippen LogP contribution >= 0.6 is 11.8 Å². The molecule has 1 aromatic heterocycles. The molecule has 0 aliphatic rings. The average molecular weight is 286 g/mol. The maximum absolute atomic E-state index is 11.9. The fourth-order valence-corrected chi connectivity index (χ4v) is 2.65. The van der Waals surface area contributed by atoms with Crippen molar-refractivity contribution in [2.75, 3.05) is 11.1 Å². The highest BCUT2D eigenvalue weighted by Gasteiger charge is 2.06. The van der Waals surface area contributed by atoms with Crippen molar-refractivity contribution in [1.82, 2.24) is 4.98 Å². The Morgan fingerprint density at radius 1 is 1.15 bits per heavy atom. The van der Waals surface area contributed by atoms with Crippen LogP contribution in [0.5, 0.6) is 0 Å². The van der Waals surface area contributed by atoms with Gasteiger partial charge in [0.1, 0.15) is 5.82 Å². The molecule has 4 heteroatoms. The van der Waals surface area contributed by atoms with E-state index in [1.54, 1.807) is 18.0 Å². The Morgan fingerprint density at radius 2 is 1.90 bits per heavy atom. The van der Waals surface area contributed by atoms with E-state index in [0.29, 0.717) is 11.6 Å². The molecular formula is C16H18N2OS. The number of hydrogen-bond donors (Lipinski definition) is 1. The van der Waals surface area contributed by atoms with E-state index in [-0.39, 0.29) is 5.91 Å². The summed E-state index contributed by atoms with van der Waals surface area (Å²) in [4.78, 5) is 17.2. The average Bonchev–Trinajstić information content (AvgIpc) is 2.42. The highest BCUT2D eigenvalue weighted by molar-refractivity contribution is 8.00. The minimum atomic E-state index is -0.0349. The van der Waals surface area contributed by atoms with Crippen LogP contribution in [0.2, 0.25) is 0 Å². The van der Waals surface area contributed by atoms with Gasteiger partial charge in [0, 0.05) is 11.1 Å². The third-order valence-corrected chi connectivity index (χ3v) is 4.04. The number of aromatic nitrogens is 1. The molecule has 0 aliphatic heterocycles. The van der Waals surface area contributed by atoms with Crippen molar-refractivity contribution in [2.24, 2.45) is 0 Å². The van der Waals surface area contributed by atoms with Crippen molar-refractivity contribution in [3.8, 4) is 0 Å². The van der Waals surface area contributed by atoms with Crippen LogP contribution in [0.4, 0.5) is 5.82 Å². The molecule has 0 fully saturated rings. The quantitative estimate of drug-likeness (QED) is 0.871. The molecule has 1 N–H and O–H groups in total. The third kappa shape index (κ3) is 4.10. The number of nitrogens with one attached hydrogen (secondary N) is 1. The zero-order chi connectivity index (χ0) is 14.5. The Bertz CT molecular complexity index is 608. The first-order chi connectivity index (χ1) is 9.54. The van der Waals surface area contributed by atoms with Crippen LogP contribution in [0.3, 0.4) is 0 Å². The van der Waals surface area contributed by atoms with Crippen molar-refractivity contribution in [3.05, 3.63) is 53.2 Å². The molecule has 0 bridgehead atoms. The molecule has 3 nitrogen and oxygen atoms in total. The first-order valence-corrected chi connectivity index (χ1v) is 7.46. The van der Waals surface area contributed by atoms with Gasteiger partial charge in [-0.15, -0.1) is 11.8 Å². The highest BCUT2D eigenvalue weighted by atomic mass is 32.2. The number of hydrogen-bond acceptors (Lipinski definition) is 3. The van der Waals surface area contributed by atoms with Gasteiger partial charge in [-0.3, -0.25) is 4.79 Å². The van der Waals surface area contributed by atoms with Gasteiger partial charge in [-0.2, -0.15) is 0 Å². The SMILES string of the molecule is Cc1ccc(NC(=O)CSc2cc(C)ccc2C)nc1. The lowest BCUT2D eigenvalue weighted by Crippen LogP contribution is -2.15. The Balaban J connectivity index is 1.92. The summed E-state index contributed by atoms with van der Waals surface area (Å²) >= 11 is 1.55. The summed E-state index contributed by atoms with van der Waals surface area (Å²) < 4.78 is 0. The summed E-state index contributed by atoms with van der Waals surface area (Å²) in [6.45, 7) is 6.08. The number of thioether (sulfide) groups is 1. The van der Waals surface area contributed by atoms with Gasteiger partial charge < -0.3 is 5.32 Å².